The van der Waals surface area contributed by atoms with Gasteiger partial charge in [0, 0.05) is 10.9 Å². The number of hydrogen-bond donors (Lipinski definition) is 2. The van der Waals surface area contributed by atoms with Crippen molar-refractivity contribution in [3.8, 4) is 0 Å². The predicted molar refractivity (Wildman–Crippen MR) is 73.6 cm³/mol. The van der Waals surface area contributed by atoms with E-state index in [9.17, 15) is 0 Å². The summed E-state index contributed by atoms with van der Waals surface area (Å²) in [5.41, 5.74) is 5.63. The highest BCUT2D eigenvalue weighted by atomic mass is 16.4. The van der Waals surface area contributed by atoms with E-state index >= 15 is 0 Å². The highest BCUT2D eigenvalue weighted by molar-refractivity contribution is 6.06. The summed E-state index contributed by atoms with van der Waals surface area (Å²) in [6, 6.07) is 6.58. The van der Waals surface area contributed by atoms with E-state index in [2.05, 4.69) is 42.2 Å². The van der Waals surface area contributed by atoms with E-state index in [4.69, 9.17) is 5.21 Å². The summed E-state index contributed by atoms with van der Waals surface area (Å²) >= 11 is 0. The first-order chi connectivity index (χ1) is 8.70. The zero-order valence-electron chi connectivity index (χ0n) is 10.8. The van der Waals surface area contributed by atoms with Crippen LogP contribution in [0.5, 0.6) is 0 Å². The molecule has 0 saturated carbocycles. The lowest BCUT2D eigenvalue weighted by molar-refractivity contribution is 0.317. The first-order valence-corrected chi connectivity index (χ1v) is 6.56. The lowest BCUT2D eigenvalue weighted by Gasteiger charge is -2.12. The molecular weight excluding hydrogens is 224 g/mol. The smallest absolute Gasteiger partial charge is 0.103 e. The van der Waals surface area contributed by atoms with Crippen molar-refractivity contribution in [2.24, 2.45) is 5.16 Å². The number of nitrogens with zero attached hydrogens (tertiary/aromatic N) is 1. The molecule has 1 aliphatic carbocycles. The van der Waals surface area contributed by atoms with E-state index in [0.29, 0.717) is 5.92 Å². The number of rotatable bonds is 1. The summed E-state index contributed by atoms with van der Waals surface area (Å²) in [6.45, 7) is 4.42. The number of aryl methyl sites for hydroxylation is 1. The van der Waals surface area contributed by atoms with Crippen molar-refractivity contribution in [1.82, 2.24) is 4.98 Å². The molecule has 2 N–H and O–H groups in total. The molecule has 0 amide bonds. The van der Waals surface area contributed by atoms with E-state index < -0.39 is 0 Å². The average molecular weight is 242 g/mol. The standard InChI is InChI=1S/C15H18N2O/c1-9(2)10-6-7-13-12(8-10)11-4-3-5-14(17-18)15(11)16-13/h6-9,16,18H,3-5H2,1-2H3. The molecule has 1 aromatic heterocycles. The maximum Gasteiger partial charge on any atom is 0.103 e. The van der Waals surface area contributed by atoms with Gasteiger partial charge in [-0.15, -0.1) is 0 Å². The molecule has 0 unspecified atom stereocenters. The van der Waals surface area contributed by atoms with E-state index in [-0.39, 0.29) is 0 Å². The van der Waals surface area contributed by atoms with Crippen LogP contribution < -0.4 is 0 Å². The predicted octanol–water partition coefficient (Wildman–Crippen LogP) is 3.81. The minimum absolute atomic E-state index is 0.537. The topological polar surface area (TPSA) is 48.4 Å². The number of aromatic amines is 1. The van der Waals surface area contributed by atoms with E-state index in [0.717, 1.165) is 36.2 Å². The van der Waals surface area contributed by atoms with Crippen molar-refractivity contribution in [1.29, 1.82) is 0 Å². The number of fused-ring (bicyclic) bond motifs is 3. The van der Waals surface area contributed by atoms with Crippen LogP contribution in [0.3, 0.4) is 0 Å². The molecule has 1 aromatic carbocycles. The van der Waals surface area contributed by atoms with Crippen LogP contribution in [0.1, 0.15) is 49.4 Å². The molecule has 0 radical (unpaired) electrons. The highest BCUT2D eigenvalue weighted by Crippen LogP contribution is 2.31. The largest absolute Gasteiger partial charge is 0.411 e. The van der Waals surface area contributed by atoms with Crippen LogP contribution in [0.2, 0.25) is 0 Å². The number of aromatic nitrogens is 1. The first kappa shape index (κ1) is 11.3. The molecule has 3 rings (SSSR count). The van der Waals surface area contributed by atoms with Gasteiger partial charge in [-0.1, -0.05) is 25.1 Å². The van der Waals surface area contributed by atoms with Crippen LogP contribution in [-0.2, 0) is 6.42 Å². The van der Waals surface area contributed by atoms with Gasteiger partial charge in [-0.05, 0) is 48.4 Å². The van der Waals surface area contributed by atoms with Crippen LogP contribution in [0, 0.1) is 0 Å². The maximum atomic E-state index is 9.07. The van der Waals surface area contributed by atoms with Gasteiger partial charge in [-0.3, -0.25) is 0 Å². The Labute approximate surface area is 107 Å². The second-order valence-electron chi connectivity index (χ2n) is 5.34. The lowest BCUT2D eigenvalue weighted by Crippen LogP contribution is -2.11. The maximum absolute atomic E-state index is 9.07. The molecule has 3 heteroatoms. The monoisotopic (exact) mass is 242 g/mol. The number of nitrogens with one attached hydrogen (secondary N) is 1. The third kappa shape index (κ3) is 1.62. The van der Waals surface area contributed by atoms with Crippen molar-refractivity contribution in [2.45, 2.75) is 39.0 Å². The number of hydrogen-bond acceptors (Lipinski definition) is 2. The summed E-state index contributed by atoms with van der Waals surface area (Å²) < 4.78 is 0. The first-order valence-electron chi connectivity index (χ1n) is 6.56. The SMILES string of the molecule is CC(C)c1ccc2[nH]c3c(c2c1)CCCC3=NO. The molecule has 0 spiro atoms. The summed E-state index contributed by atoms with van der Waals surface area (Å²) in [6.07, 6.45) is 2.98. The van der Waals surface area contributed by atoms with Crippen molar-refractivity contribution < 1.29 is 5.21 Å². The second-order valence-corrected chi connectivity index (χ2v) is 5.34. The van der Waals surface area contributed by atoms with Crippen LogP contribution in [0.15, 0.2) is 23.4 Å². The van der Waals surface area contributed by atoms with Crippen LogP contribution in [0.25, 0.3) is 10.9 Å². The van der Waals surface area contributed by atoms with Gasteiger partial charge >= 0.3 is 0 Å². The van der Waals surface area contributed by atoms with Gasteiger partial charge in [0.2, 0.25) is 0 Å². The molecule has 1 aliphatic rings. The summed E-state index contributed by atoms with van der Waals surface area (Å²) in [5.74, 6) is 0.537. The molecular formula is C15H18N2O. The van der Waals surface area contributed by atoms with Crippen molar-refractivity contribution in [3.63, 3.8) is 0 Å². The second kappa shape index (κ2) is 4.16. The third-order valence-electron chi connectivity index (χ3n) is 3.85. The van der Waals surface area contributed by atoms with Gasteiger partial charge in [0.15, 0.2) is 0 Å². The Bertz CT molecular complexity index is 623. The van der Waals surface area contributed by atoms with Crippen LogP contribution in [-0.4, -0.2) is 15.9 Å². The van der Waals surface area contributed by atoms with E-state index in [1.54, 1.807) is 0 Å². The van der Waals surface area contributed by atoms with Crippen LogP contribution >= 0.6 is 0 Å². The Morgan fingerprint density at radius 1 is 1.28 bits per heavy atom. The highest BCUT2D eigenvalue weighted by Gasteiger charge is 2.21. The average Bonchev–Trinajstić information content (AvgIpc) is 2.76. The van der Waals surface area contributed by atoms with Gasteiger partial charge in [-0.25, -0.2) is 0 Å². The van der Waals surface area contributed by atoms with Crippen molar-refractivity contribution in [2.75, 3.05) is 0 Å². The molecule has 1 heterocycles. The number of benzene rings is 1. The Morgan fingerprint density at radius 3 is 2.83 bits per heavy atom. The molecule has 18 heavy (non-hydrogen) atoms. The Hall–Kier alpha value is -1.77. The fraction of sp³-hybridized carbons (Fsp3) is 0.400. The molecule has 2 aromatic rings. The summed E-state index contributed by atoms with van der Waals surface area (Å²) in [7, 11) is 0. The Kier molecular flexibility index (Phi) is 2.62. The van der Waals surface area contributed by atoms with Gasteiger partial charge < -0.3 is 10.2 Å². The van der Waals surface area contributed by atoms with E-state index in [1.807, 2.05) is 0 Å². The lowest BCUT2D eigenvalue weighted by atomic mass is 9.92. The van der Waals surface area contributed by atoms with Crippen LogP contribution in [0.4, 0.5) is 0 Å². The zero-order valence-corrected chi connectivity index (χ0v) is 10.8. The Morgan fingerprint density at radius 2 is 2.11 bits per heavy atom. The molecule has 0 aliphatic heterocycles. The number of H-pyrrole nitrogens is 1. The third-order valence-corrected chi connectivity index (χ3v) is 3.85. The quantitative estimate of drug-likeness (QED) is 0.580. The molecule has 0 fully saturated rings. The minimum atomic E-state index is 0.537. The molecule has 94 valence electrons. The fourth-order valence-corrected chi connectivity index (χ4v) is 2.79. The van der Waals surface area contributed by atoms with Gasteiger partial charge in [0.05, 0.1) is 5.69 Å². The van der Waals surface area contributed by atoms with E-state index in [1.165, 1.54) is 16.5 Å². The summed E-state index contributed by atoms with van der Waals surface area (Å²) in [5, 5.41) is 13.8. The molecule has 3 nitrogen and oxygen atoms in total. The van der Waals surface area contributed by atoms with Crippen molar-refractivity contribution >= 4 is 16.6 Å². The summed E-state index contributed by atoms with van der Waals surface area (Å²) in [4.78, 5) is 3.39. The molecule has 0 bridgehead atoms. The number of oxime groups is 1. The zero-order chi connectivity index (χ0) is 12.7. The molecule has 0 saturated heterocycles. The fourth-order valence-electron chi connectivity index (χ4n) is 2.79. The van der Waals surface area contributed by atoms with Gasteiger partial charge in [0.1, 0.15) is 5.71 Å². The van der Waals surface area contributed by atoms with Gasteiger partial charge in [-0.2, -0.15) is 0 Å². The van der Waals surface area contributed by atoms with Crippen molar-refractivity contribution in [3.05, 3.63) is 35.0 Å². The van der Waals surface area contributed by atoms with Gasteiger partial charge in [0.25, 0.3) is 0 Å². The Balaban J connectivity index is 2.24. The minimum Gasteiger partial charge on any atom is -0.411 e. The molecule has 0 atom stereocenters. The normalized spacial score (nSPS) is 17.6.